The average molecular weight is 282 g/mol. The average Bonchev–Trinajstić information content (AvgIpc) is 2.90. The van der Waals surface area contributed by atoms with Crippen LogP contribution in [0.4, 0.5) is 0 Å². The van der Waals surface area contributed by atoms with Gasteiger partial charge in [-0.05, 0) is 52.0 Å². The first-order chi connectivity index (χ1) is 9.52. The highest BCUT2D eigenvalue weighted by Gasteiger charge is 2.34. The van der Waals surface area contributed by atoms with Crippen molar-refractivity contribution in [1.29, 1.82) is 0 Å². The molecule has 0 aromatic rings. The fourth-order valence-corrected chi connectivity index (χ4v) is 3.66. The first-order valence-electron chi connectivity index (χ1n) is 8.62. The maximum absolute atomic E-state index is 5.75. The van der Waals surface area contributed by atoms with Crippen LogP contribution in [0.25, 0.3) is 0 Å². The van der Waals surface area contributed by atoms with Crippen LogP contribution in [0.2, 0.25) is 0 Å². The van der Waals surface area contributed by atoms with E-state index in [-0.39, 0.29) is 5.54 Å². The molecule has 0 saturated carbocycles. The molecule has 0 aromatic carbocycles. The molecule has 3 unspecified atom stereocenters. The summed E-state index contributed by atoms with van der Waals surface area (Å²) >= 11 is 0. The van der Waals surface area contributed by atoms with Crippen molar-refractivity contribution in [2.75, 3.05) is 26.2 Å². The first-order valence-corrected chi connectivity index (χ1v) is 8.62. The topological polar surface area (TPSA) is 24.5 Å². The van der Waals surface area contributed by atoms with E-state index < -0.39 is 0 Å². The van der Waals surface area contributed by atoms with Crippen molar-refractivity contribution in [3.63, 3.8) is 0 Å². The van der Waals surface area contributed by atoms with E-state index in [1.54, 1.807) is 0 Å². The third kappa shape index (κ3) is 4.44. The minimum atomic E-state index is 0.258. The molecule has 1 N–H and O–H groups in total. The number of hydrogen-bond donors (Lipinski definition) is 1. The molecule has 3 nitrogen and oxygen atoms in total. The molecule has 0 aromatic heterocycles. The SMILES string of the molecule is CCC(C)C1CNC(C)(C)CN1CCCC1CCCO1. The van der Waals surface area contributed by atoms with Crippen molar-refractivity contribution >= 4 is 0 Å². The van der Waals surface area contributed by atoms with Crippen LogP contribution in [0, 0.1) is 5.92 Å². The molecular weight excluding hydrogens is 248 g/mol. The van der Waals surface area contributed by atoms with Gasteiger partial charge in [0.25, 0.3) is 0 Å². The number of rotatable bonds is 6. The summed E-state index contributed by atoms with van der Waals surface area (Å²) < 4.78 is 5.75. The van der Waals surface area contributed by atoms with Gasteiger partial charge in [0.1, 0.15) is 0 Å². The van der Waals surface area contributed by atoms with Crippen LogP contribution in [0.15, 0.2) is 0 Å². The van der Waals surface area contributed by atoms with E-state index in [0.29, 0.717) is 12.1 Å². The largest absolute Gasteiger partial charge is 0.378 e. The van der Waals surface area contributed by atoms with Crippen molar-refractivity contribution < 1.29 is 4.74 Å². The Labute approximate surface area is 125 Å². The van der Waals surface area contributed by atoms with Gasteiger partial charge in [0.05, 0.1) is 6.10 Å². The Morgan fingerprint density at radius 1 is 1.40 bits per heavy atom. The molecule has 118 valence electrons. The summed E-state index contributed by atoms with van der Waals surface area (Å²) in [5.74, 6) is 0.779. The molecule has 3 atom stereocenters. The Balaban J connectivity index is 1.82. The highest BCUT2D eigenvalue weighted by molar-refractivity contribution is 4.93. The molecule has 20 heavy (non-hydrogen) atoms. The lowest BCUT2D eigenvalue weighted by Gasteiger charge is -2.47. The van der Waals surface area contributed by atoms with E-state index in [9.17, 15) is 0 Å². The van der Waals surface area contributed by atoms with E-state index in [4.69, 9.17) is 4.74 Å². The van der Waals surface area contributed by atoms with Crippen molar-refractivity contribution in [3.05, 3.63) is 0 Å². The Morgan fingerprint density at radius 3 is 2.85 bits per heavy atom. The molecular formula is C17H34N2O. The molecule has 2 aliphatic heterocycles. The minimum Gasteiger partial charge on any atom is -0.378 e. The predicted molar refractivity (Wildman–Crippen MR) is 85.1 cm³/mol. The standard InChI is InChI=1S/C17H34N2O/c1-5-14(2)16-12-18-17(3,4)13-19(16)10-6-8-15-9-7-11-20-15/h14-16,18H,5-13H2,1-4H3. The second-order valence-corrected chi connectivity index (χ2v) is 7.47. The normalized spacial score (nSPS) is 32.4. The highest BCUT2D eigenvalue weighted by atomic mass is 16.5. The maximum atomic E-state index is 5.75. The molecule has 3 heteroatoms. The fraction of sp³-hybridized carbons (Fsp3) is 1.00. The third-order valence-electron chi connectivity index (χ3n) is 5.15. The Kier molecular flexibility index (Phi) is 5.88. The molecule has 0 bridgehead atoms. The second-order valence-electron chi connectivity index (χ2n) is 7.47. The molecule has 2 heterocycles. The molecule has 0 radical (unpaired) electrons. The Hall–Kier alpha value is -0.120. The second kappa shape index (κ2) is 7.24. The smallest absolute Gasteiger partial charge is 0.0576 e. The van der Waals surface area contributed by atoms with E-state index in [0.717, 1.165) is 19.1 Å². The van der Waals surface area contributed by atoms with Crippen LogP contribution in [-0.2, 0) is 4.74 Å². The van der Waals surface area contributed by atoms with E-state index in [1.807, 2.05) is 0 Å². The zero-order chi connectivity index (χ0) is 14.6. The molecule has 0 aliphatic carbocycles. The van der Waals surface area contributed by atoms with E-state index >= 15 is 0 Å². The van der Waals surface area contributed by atoms with E-state index in [1.165, 1.54) is 45.2 Å². The summed E-state index contributed by atoms with van der Waals surface area (Å²) in [6.45, 7) is 13.9. The lowest BCUT2D eigenvalue weighted by Crippen LogP contribution is -2.63. The summed E-state index contributed by atoms with van der Waals surface area (Å²) in [4.78, 5) is 2.74. The van der Waals surface area contributed by atoms with Gasteiger partial charge in [-0.25, -0.2) is 0 Å². The summed E-state index contributed by atoms with van der Waals surface area (Å²) in [5.41, 5.74) is 0.258. The molecule has 2 aliphatic rings. The Bertz CT molecular complexity index is 287. The van der Waals surface area contributed by atoms with Crippen molar-refractivity contribution in [1.82, 2.24) is 10.2 Å². The number of nitrogens with one attached hydrogen (secondary N) is 1. The maximum Gasteiger partial charge on any atom is 0.0576 e. The predicted octanol–water partition coefficient (Wildman–Crippen LogP) is 3.04. The summed E-state index contributed by atoms with van der Waals surface area (Å²) in [5, 5.41) is 3.72. The summed E-state index contributed by atoms with van der Waals surface area (Å²) in [6.07, 6.45) is 6.90. The van der Waals surface area contributed by atoms with Crippen LogP contribution in [-0.4, -0.2) is 48.8 Å². The number of ether oxygens (including phenoxy) is 1. The number of piperazine rings is 1. The third-order valence-corrected chi connectivity index (χ3v) is 5.15. The zero-order valence-electron chi connectivity index (χ0n) is 14.0. The number of nitrogens with zero attached hydrogens (tertiary/aromatic N) is 1. The fourth-order valence-electron chi connectivity index (χ4n) is 3.66. The van der Waals surface area contributed by atoms with Gasteiger partial charge in [0.2, 0.25) is 0 Å². The summed E-state index contributed by atoms with van der Waals surface area (Å²) in [7, 11) is 0. The number of hydrogen-bond acceptors (Lipinski definition) is 3. The van der Waals surface area contributed by atoms with Crippen LogP contribution >= 0.6 is 0 Å². The van der Waals surface area contributed by atoms with Crippen molar-refractivity contribution in [3.8, 4) is 0 Å². The Morgan fingerprint density at radius 2 is 2.20 bits per heavy atom. The van der Waals surface area contributed by atoms with Crippen molar-refractivity contribution in [2.45, 2.75) is 77.5 Å². The lowest BCUT2D eigenvalue weighted by molar-refractivity contribution is 0.0536. The van der Waals surface area contributed by atoms with Gasteiger partial charge in [-0.2, -0.15) is 0 Å². The molecule has 0 spiro atoms. The first kappa shape index (κ1) is 16.3. The highest BCUT2D eigenvalue weighted by Crippen LogP contribution is 2.24. The molecule has 0 amide bonds. The van der Waals surface area contributed by atoms with Gasteiger partial charge < -0.3 is 10.1 Å². The van der Waals surface area contributed by atoms with Crippen LogP contribution in [0.1, 0.15) is 59.8 Å². The van der Waals surface area contributed by atoms with Gasteiger partial charge >= 0.3 is 0 Å². The van der Waals surface area contributed by atoms with Gasteiger partial charge in [0.15, 0.2) is 0 Å². The molecule has 2 rings (SSSR count). The zero-order valence-corrected chi connectivity index (χ0v) is 14.0. The van der Waals surface area contributed by atoms with Gasteiger partial charge in [-0.3, -0.25) is 4.90 Å². The summed E-state index contributed by atoms with van der Waals surface area (Å²) in [6, 6.07) is 0.706. The van der Waals surface area contributed by atoms with Gasteiger partial charge in [0, 0.05) is 31.3 Å². The monoisotopic (exact) mass is 282 g/mol. The molecule has 2 saturated heterocycles. The van der Waals surface area contributed by atoms with Crippen LogP contribution < -0.4 is 5.32 Å². The van der Waals surface area contributed by atoms with Crippen molar-refractivity contribution in [2.24, 2.45) is 5.92 Å². The van der Waals surface area contributed by atoms with Crippen LogP contribution in [0.5, 0.6) is 0 Å². The lowest BCUT2D eigenvalue weighted by atomic mass is 9.90. The van der Waals surface area contributed by atoms with Crippen LogP contribution in [0.3, 0.4) is 0 Å². The molecule has 2 fully saturated rings. The quantitative estimate of drug-likeness (QED) is 0.810. The van der Waals surface area contributed by atoms with Gasteiger partial charge in [-0.1, -0.05) is 20.3 Å². The van der Waals surface area contributed by atoms with E-state index in [2.05, 4.69) is 37.9 Å². The van der Waals surface area contributed by atoms with Gasteiger partial charge in [-0.15, -0.1) is 0 Å². The minimum absolute atomic E-state index is 0.258.